The first-order chi connectivity index (χ1) is 11.2. The Morgan fingerprint density at radius 3 is 2.48 bits per heavy atom. The van der Waals surface area contributed by atoms with Crippen LogP contribution in [0.1, 0.15) is 24.0 Å². The summed E-state index contributed by atoms with van der Waals surface area (Å²) in [6.45, 7) is 0.637. The van der Waals surface area contributed by atoms with Crippen LogP contribution in [0.25, 0.3) is 0 Å². The molecule has 3 nitrogen and oxygen atoms in total. The van der Waals surface area contributed by atoms with Crippen LogP contribution in [0.4, 0.5) is 0 Å². The molecule has 0 bridgehead atoms. The summed E-state index contributed by atoms with van der Waals surface area (Å²) in [4.78, 5) is 14.7. The fraction of sp³-hybridized carbons (Fsp3) is 0.316. The number of carbonyl (C=O) groups excluding carboxylic acids is 1. The van der Waals surface area contributed by atoms with Gasteiger partial charge in [-0.05, 0) is 42.2 Å². The molecule has 1 fully saturated rings. The van der Waals surface area contributed by atoms with E-state index in [1.165, 1.54) is 0 Å². The van der Waals surface area contributed by atoms with Gasteiger partial charge in [-0.25, -0.2) is 0 Å². The van der Waals surface area contributed by atoms with Crippen LogP contribution in [0, 0.1) is 0 Å². The Bertz CT molecular complexity index is 680. The number of carbonyl (C=O) groups is 1. The van der Waals surface area contributed by atoms with Crippen molar-refractivity contribution in [2.24, 2.45) is 0 Å². The lowest BCUT2D eigenvalue weighted by Gasteiger charge is -2.23. The van der Waals surface area contributed by atoms with Crippen molar-refractivity contribution in [3.8, 4) is 5.75 Å². The van der Waals surface area contributed by atoms with Gasteiger partial charge in [-0.1, -0.05) is 41.9 Å². The normalized spacial score (nSPS) is 13.7. The molecule has 0 saturated heterocycles. The summed E-state index contributed by atoms with van der Waals surface area (Å²) in [6.07, 6.45) is 2.53. The monoisotopic (exact) mass is 329 g/mol. The number of methoxy groups -OCH3 is 1. The van der Waals surface area contributed by atoms with E-state index in [1.807, 2.05) is 53.4 Å². The van der Waals surface area contributed by atoms with Crippen molar-refractivity contribution in [1.82, 2.24) is 4.90 Å². The molecule has 0 unspecified atom stereocenters. The molecule has 120 valence electrons. The Hall–Kier alpha value is -2.00. The van der Waals surface area contributed by atoms with Crippen molar-refractivity contribution >= 4 is 17.5 Å². The second-order valence-electron chi connectivity index (χ2n) is 5.87. The van der Waals surface area contributed by atoms with Crippen LogP contribution in [0.5, 0.6) is 5.75 Å². The number of ether oxygens (including phenoxy) is 1. The standard InChI is InChI=1S/C19H20ClNO2/c1-23-17-10-6-14(7-11-17)13-21(16-8-9-16)19(22)12-15-4-2-3-5-18(15)20/h2-7,10-11,16H,8-9,12-13H2,1H3. The zero-order valence-electron chi connectivity index (χ0n) is 13.2. The number of amides is 1. The smallest absolute Gasteiger partial charge is 0.227 e. The molecule has 2 aromatic carbocycles. The van der Waals surface area contributed by atoms with E-state index in [4.69, 9.17) is 16.3 Å². The van der Waals surface area contributed by atoms with Gasteiger partial charge >= 0.3 is 0 Å². The highest BCUT2D eigenvalue weighted by Crippen LogP contribution is 2.30. The predicted molar refractivity (Wildman–Crippen MR) is 91.7 cm³/mol. The Labute approximate surface area is 141 Å². The number of hydrogen-bond donors (Lipinski definition) is 0. The first kappa shape index (κ1) is 15.9. The molecule has 0 atom stereocenters. The summed E-state index contributed by atoms with van der Waals surface area (Å²) >= 11 is 6.18. The topological polar surface area (TPSA) is 29.5 Å². The van der Waals surface area contributed by atoms with Gasteiger partial charge in [0.25, 0.3) is 0 Å². The Balaban J connectivity index is 1.70. The molecule has 23 heavy (non-hydrogen) atoms. The number of benzene rings is 2. The van der Waals surface area contributed by atoms with Crippen molar-refractivity contribution in [2.45, 2.75) is 31.8 Å². The van der Waals surface area contributed by atoms with Gasteiger partial charge in [0.2, 0.25) is 5.91 Å². The van der Waals surface area contributed by atoms with E-state index >= 15 is 0 Å². The average Bonchev–Trinajstić information content (AvgIpc) is 3.40. The van der Waals surface area contributed by atoms with Gasteiger partial charge in [0, 0.05) is 17.6 Å². The lowest BCUT2D eigenvalue weighted by Crippen LogP contribution is -2.33. The highest BCUT2D eigenvalue weighted by molar-refractivity contribution is 6.31. The molecule has 0 aliphatic heterocycles. The van der Waals surface area contributed by atoms with Gasteiger partial charge in [-0.3, -0.25) is 4.79 Å². The summed E-state index contributed by atoms with van der Waals surface area (Å²) in [5.41, 5.74) is 2.00. The summed E-state index contributed by atoms with van der Waals surface area (Å²) < 4.78 is 5.18. The third-order valence-electron chi connectivity index (χ3n) is 4.12. The van der Waals surface area contributed by atoms with Crippen LogP contribution in [-0.4, -0.2) is 24.0 Å². The molecule has 3 rings (SSSR count). The van der Waals surface area contributed by atoms with Gasteiger partial charge in [0.1, 0.15) is 5.75 Å². The van der Waals surface area contributed by atoms with Gasteiger partial charge < -0.3 is 9.64 Å². The first-order valence-electron chi connectivity index (χ1n) is 7.83. The second kappa shape index (κ2) is 7.05. The third kappa shape index (κ3) is 4.05. The van der Waals surface area contributed by atoms with Crippen LogP contribution in [0.2, 0.25) is 5.02 Å². The van der Waals surface area contributed by atoms with E-state index in [9.17, 15) is 4.79 Å². The number of rotatable bonds is 6. The minimum atomic E-state index is 0.136. The first-order valence-corrected chi connectivity index (χ1v) is 8.21. The van der Waals surface area contributed by atoms with Crippen LogP contribution < -0.4 is 4.74 Å². The fourth-order valence-electron chi connectivity index (χ4n) is 2.64. The fourth-order valence-corrected chi connectivity index (χ4v) is 2.84. The maximum absolute atomic E-state index is 12.7. The highest BCUT2D eigenvalue weighted by Gasteiger charge is 2.32. The quantitative estimate of drug-likeness (QED) is 0.799. The van der Waals surface area contributed by atoms with Crippen molar-refractivity contribution < 1.29 is 9.53 Å². The van der Waals surface area contributed by atoms with Crippen LogP contribution in [-0.2, 0) is 17.8 Å². The van der Waals surface area contributed by atoms with Crippen molar-refractivity contribution in [1.29, 1.82) is 0 Å². The molecule has 1 aliphatic rings. The Kier molecular flexibility index (Phi) is 4.87. The molecule has 1 saturated carbocycles. The van der Waals surface area contributed by atoms with Crippen molar-refractivity contribution in [3.63, 3.8) is 0 Å². The van der Waals surface area contributed by atoms with Gasteiger partial charge in [0.15, 0.2) is 0 Å². The van der Waals surface area contributed by atoms with Crippen molar-refractivity contribution in [2.75, 3.05) is 7.11 Å². The van der Waals surface area contributed by atoms with E-state index < -0.39 is 0 Å². The number of halogens is 1. The average molecular weight is 330 g/mol. The molecule has 0 aromatic heterocycles. The zero-order chi connectivity index (χ0) is 16.2. The predicted octanol–water partition coefficient (Wildman–Crippen LogP) is 4.08. The van der Waals surface area contributed by atoms with Crippen LogP contribution >= 0.6 is 11.6 Å². The maximum atomic E-state index is 12.7. The van der Waals surface area contributed by atoms with Gasteiger partial charge in [-0.15, -0.1) is 0 Å². The third-order valence-corrected chi connectivity index (χ3v) is 4.49. The molecule has 1 amide bonds. The number of nitrogens with zero attached hydrogens (tertiary/aromatic N) is 1. The lowest BCUT2D eigenvalue weighted by molar-refractivity contribution is -0.131. The van der Waals surface area contributed by atoms with Gasteiger partial charge in [0.05, 0.1) is 13.5 Å². The highest BCUT2D eigenvalue weighted by atomic mass is 35.5. The van der Waals surface area contributed by atoms with E-state index in [0.717, 1.165) is 29.7 Å². The molecule has 0 N–H and O–H groups in total. The van der Waals surface area contributed by atoms with Crippen LogP contribution in [0.15, 0.2) is 48.5 Å². The summed E-state index contributed by atoms with van der Waals surface area (Å²) in [5.74, 6) is 0.963. The summed E-state index contributed by atoms with van der Waals surface area (Å²) in [7, 11) is 1.65. The molecular formula is C19H20ClNO2. The summed E-state index contributed by atoms with van der Waals surface area (Å²) in [5, 5.41) is 0.654. The van der Waals surface area contributed by atoms with Crippen molar-refractivity contribution in [3.05, 3.63) is 64.7 Å². The summed E-state index contributed by atoms with van der Waals surface area (Å²) in [6, 6.07) is 15.8. The van der Waals surface area contributed by atoms with E-state index in [0.29, 0.717) is 24.0 Å². The largest absolute Gasteiger partial charge is 0.497 e. The molecule has 0 spiro atoms. The molecule has 0 heterocycles. The minimum Gasteiger partial charge on any atom is -0.497 e. The second-order valence-corrected chi connectivity index (χ2v) is 6.28. The van der Waals surface area contributed by atoms with Gasteiger partial charge in [-0.2, -0.15) is 0 Å². The molecule has 2 aromatic rings. The molecule has 0 radical (unpaired) electrons. The number of hydrogen-bond acceptors (Lipinski definition) is 2. The van der Waals surface area contributed by atoms with E-state index in [-0.39, 0.29) is 5.91 Å². The minimum absolute atomic E-state index is 0.136. The molecule has 4 heteroatoms. The zero-order valence-corrected chi connectivity index (χ0v) is 13.9. The molecule has 1 aliphatic carbocycles. The van der Waals surface area contributed by atoms with Crippen LogP contribution in [0.3, 0.4) is 0 Å². The Morgan fingerprint density at radius 1 is 1.17 bits per heavy atom. The maximum Gasteiger partial charge on any atom is 0.227 e. The SMILES string of the molecule is COc1ccc(CN(C(=O)Cc2ccccc2Cl)C2CC2)cc1. The van der Waals surface area contributed by atoms with E-state index in [1.54, 1.807) is 7.11 Å². The molecular weight excluding hydrogens is 310 g/mol. The van der Waals surface area contributed by atoms with E-state index in [2.05, 4.69) is 0 Å². The Morgan fingerprint density at radius 2 is 1.87 bits per heavy atom. The lowest BCUT2D eigenvalue weighted by atomic mass is 10.1.